The van der Waals surface area contributed by atoms with E-state index in [1.807, 2.05) is 12.1 Å². The van der Waals surface area contributed by atoms with E-state index < -0.39 is 0 Å². The minimum absolute atomic E-state index is 0.156. The molecule has 1 unspecified atom stereocenters. The molecule has 21 heavy (non-hydrogen) atoms. The first kappa shape index (κ1) is 14.2. The van der Waals surface area contributed by atoms with Gasteiger partial charge in [-0.1, -0.05) is 24.3 Å². The zero-order valence-corrected chi connectivity index (χ0v) is 11.9. The summed E-state index contributed by atoms with van der Waals surface area (Å²) in [5.74, 6) is -0.285. The Kier molecular flexibility index (Phi) is 4.30. The molecule has 1 atom stereocenters. The molecule has 1 saturated carbocycles. The van der Waals surface area contributed by atoms with Gasteiger partial charge in [0.15, 0.2) is 0 Å². The van der Waals surface area contributed by atoms with Crippen molar-refractivity contribution >= 4 is 0 Å². The second-order valence-electron chi connectivity index (χ2n) is 5.77. The number of hydrogen-bond acceptors (Lipinski definition) is 1. The second kappa shape index (κ2) is 6.35. The molecule has 1 fully saturated rings. The molecule has 1 aliphatic carbocycles. The van der Waals surface area contributed by atoms with Gasteiger partial charge >= 0.3 is 0 Å². The molecule has 0 amide bonds. The highest BCUT2D eigenvalue weighted by Crippen LogP contribution is 2.24. The summed E-state index contributed by atoms with van der Waals surface area (Å²) in [6, 6.07) is 14.0. The summed E-state index contributed by atoms with van der Waals surface area (Å²) >= 11 is 0. The van der Waals surface area contributed by atoms with Crippen LogP contribution < -0.4 is 5.32 Å². The number of benzene rings is 2. The number of nitrogens with one attached hydrogen (secondary N) is 1. The molecule has 0 aromatic heterocycles. The van der Waals surface area contributed by atoms with Gasteiger partial charge in [-0.05, 0) is 54.7 Å². The van der Waals surface area contributed by atoms with E-state index in [1.54, 1.807) is 24.3 Å². The predicted molar refractivity (Wildman–Crippen MR) is 80.3 cm³/mol. The lowest BCUT2D eigenvalue weighted by Crippen LogP contribution is -2.25. The zero-order valence-electron chi connectivity index (χ0n) is 11.9. The molecule has 3 heteroatoms. The highest BCUT2D eigenvalue weighted by Gasteiger charge is 2.22. The van der Waals surface area contributed by atoms with E-state index in [0.717, 1.165) is 17.7 Å². The first-order valence-electron chi connectivity index (χ1n) is 7.44. The summed E-state index contributed by atoms with van der Waals surface area (Å²) < 4.78 is 26.8. The van der Waals surface area contributed by atoms with Crippen LogP contribution in [0.3, 0.4) is 0 Å². The molecular weight excluding hydrogens is 268 g/mol. The monoisotopic (exact) mass is 287 g/mol. The molecule has 110 valence electrons. The van der Waals surface area contributed by atoms with E-state index in [4.69, 9.17) is 0 Å². The lowest BCUT2D eigenvalue weighted by atomic mass is 9.91. The molecule has 1 aliphatic rings. The van der Waals surface area contributed by atoms with Crippen molar-refractivity contribution < 1.29 is 8.78 Å². The largest absolute Gasteiger partial charge is 0.313 e. The van der Waals surface area contributed by atoms with Crippen molar-refractivity contribution in [3.63, 3.8) is 0 Å². The molecule has 0 radical (unpaired) electrons. The Morgan fingerprint density at radius 2 is 1.71 bits per heavy atom. The third-order valence-corrected chi connectivity index (χ3v) is 3.92. The summed E-state index contributed by atoms with van der Waals surface area (Å²) in [7, 11) is 0. The number of hydrogen-bond donors (Lipinski definition) is 1. The fraction of sp³-hybridized carbons (Fsp3) is 0.333. The van der Waals surface area contributed by atoms with Crippen LogP contribution in [0.2, 0.25) is 0 Å². The van der Waals surface area contributed by atoms with E-state index in [2.05, 4.69) is 5.32 Å². The van der Waals surface area contributed by atoms with Crippen LogP contribution in [0, 0.1) is 11.6 Å². The van der Waals surface area contributed by atoms with Crippen LogP contribution in [-0.2, 0) is 6.42 Å². The van der Waals surface area contributed by atoms with Crippen LogP contribution in [0.5, 0.6) is 0 Å². The molecule has 1 nitrogen and oxygen atoms in total. The maximum absolute atomic E-state index is 13.5. The number of rotatable bonds is 6. The summed E-state index contributed by atoms with van der Waals surface area (Å²) in [6.07, 6.45) is 3.15. The molecule has 0 heterocycles. The summed E-state index contributed by atoms with van der Waals surface area (Å²) in [6.45, 7) is 0.796. The van der Waals surface area contributed by atoms with Gasteiger partial charge in [-0.15, -0.1) is 0 Å². The molecular formula is C18H19F2N. The van der Waals surface area contributed by atoms with Gasteiger partial charge in [-0.25, -0.2) is 8.78 Å². The third kappa shape index (κ3) is 4.11. The lowest BCUT2D eigenvalue weighted by molar-refractivity contribution is 0.566. The molecule has 2 aromatic rings. The smallest absolute Gasteiger partial charge is 0.123 e. The highest BCUT2D eigenvalue weighted by atomic mass is 19.1. The van der Waals surface area contributed by atoms with Gasteiger partial charge in [0.05, 0.1) is 0 Å². The Bertz CT molecular complexity index is 608. The van der Waals surface area contributed by atoms with Crippen LogP contribution in [-0.4, -0.2) is 12.6 Å². The molecule has 0 spiro atoms. The van der Waals surface area contributed by atoms with E-state index in [9.17, 15) is 8.78 Å². The van der Waals surface area contributed by atoms with Gasteiger partial charge in [0.25, 0.3) is 0 Å². The van der Waals surface area contributed by atoms with Crippen molar-refractivity contribution in [2.45, 2.75) is 31.2 Å². The maximum Gasteiger partial charge on any atom is 0.123 e. The minimum atomic E-state index is -0.222. The Morgan fingerprint density at radius 3 is 2.38 bits per heavy atom. The van der Waals surface area contributed by atoms with Crippen molar-refractivity contribution in [1.29, 1.82) is 0 Å². The van der Waals surface area contributed by atoms with Crippen LogP contribution >= 0.6 is 0 Å². The van der Waals surface area contributed by atoms with Crippen molar-refractivity contribution in [3.05, 3.63) is 71.3 Å². The van der Waals surface area contributed by atoms with Crippen molar-refractivity contribution in [2.24, 2.45) is 0 Å². The Hall–Kier alpha value is -1.74. The Morgan fingerprint density at radius 1 is 1.00 bits per heavy atom. The summed E-state index contributed by atoms with van der Waals surface area (Å²) in [4.78, 5) is 0. The van der Waals surface area contributed by atoms with E-state index >= 15 is 0 Å². The van der Waals surface area contributed by atoms with Crippen molar-refractivity contribution in [3.8, 4) is 0 Å². The van der Waals surface area contributed by atoms with Crippen LogP contribution in [0.1, 0.15) is 29.9 Å². The molecule has 0 aliphatic heterocycles. The van der Waals surface area contributed by atoms with Gasteiger partial charge in [-0.2, -0.15) is 0 Å². The average Bonchev–Trinajstić information content (AvgIpc) is 3.27. The predicted octanol–water partition coefficient (Wildman–Crippen LogP) is 4.04. The van der Waals surface area contributed by atoms with Gasteiger partial charge in [0, 0.05) is 18.5 Å². The second-order valence-corrected chi connectivity index (χ2v) is 5.77. The number of halogens is 2. The van der Waals surface area contributed by atoms with Gasteiger partial charge < -0.3 is 5.32 Å². The third-order valence-electron chi connectivity index (χ3n) is 3.92. The zero-order chi connectivity index (χ0) is 14.7. The first-order valence-corrected chi connectivity index (χ1v) is 7.44. The van der Waals surface area contributed by atoms with Crippen molar-refractivity contribution in [2.75, 3.05) is 6.54 Å². The van der Waals surface area contributed by atoms with Gasteiger partial charge in [-0.3, -0.25) is 0 Å². The molecule has 2 aromatic carbocycles. The van der Waals surface area contributed by atoms with Crippen LogP contribution in [0.4, 0.5) is 8.78 Å². The SMILES string of the molecule is Fc1cccc(CC(CNC2CC2)c2cccc(F)c2)c1. The fourth-order valence-electron chi connectivity index (χ4n) is 2.61. The maximum atomic E-state index is 13.5. The topological polar surface area (TPSA) is 12.0 Å². The van der Waals surface area contributed by atoms with E-state index in [0.29, 0.717) is 12.5 Å². The normalized spacial score (nSPS) is 15.9. The fourth-order valence-corrected chi connectivity index (χ4v) is 2.61. The van der Waals surface area contributed by atoms with Crippen LogP contribution in [0.25, 0.3) is 0 Å². The summed E-state index contributed by atoms with van der Waals surface area (Å²) in [5, 5.41) is 3.49. The van der Waals surface area contributed by atoms with E-state index in [-0.39, 0.29) is 17.6 Å². The van der Waals surface area contributed by atoms with Crippen molar-refractivity contribution in [1.82, 2.24) is 5.32 Å². The highest BCUT2D eigenvalue weighted by molar-refractivity contribution is 5.25. The average molecular weight is 287 g/mol. The molecule has 0 saturated heterocycles. The van der Waals surface area contributed by atoms with Gasteiger partial charge in [0.1, 0.15) is 11.6 Å². The first-order chi connectivity index (χ1) is 10.2. The molecule has 1 N–H and O–H groups in total. The summed E-state index contributed by atoms with van der Waals surface area (Å²) in [5.41, 5.74) is 1.91. The Balaban J connectivity index is 1.77. The quantitative estimate of drug-likeness (QED) is 0.845. The van der Waals surface area contributed by atoms with E-state index in [1.165, 1.54) is 25.0 Å². The van der Waals surface area contributed by atoms with Gasteiger partial charge in [0.2, 0.25) is 0 Å². The Labute approximate surface area is 124 Å². The standard InChI is InChI=1S/C18H19F2N/c19-16-5-1-3-13(10-16)9-15(12-21-18-7-8-18)14-4-2-6-17(20)11-14/h1-6,10-11,15,18,21H,7-9,12H2. The molecule has 0 bridgehead atoms. The van der Waals surface area contributed by atoms with Crippen LogP contribution in [0.15, 0.2) is 48.5 Å². The molecule has 3 rings (SSSR count). The lowest BCUT2D eigenvalue weighted by Gasteiger charge is -2.18. The minimum Gasteiger partial charge on any atom is -0.313 e.